The first-order valence-corrected chi connectivity index (χ1v) is 6.77. The van der Waals surface area contributed by atoms with Crippen LogP contribution in [0.25, 0.3) is 0 Å². The highest BCUT2D eigenvalue weighted by Gasteiger charge is 2.38. The van der Waals surface area contributed by atoms with E-state index in [-0.39, 0.29) is 29.7 Å². The molecule has 0 aliphatic heterocycles. The van der Waals surface area contributed by atoms with Crippen molar-refractivity contribution in [2.45, 2.75) is 38.8 Å². The van der Waals surface area contributed by atoms with Crippen molar-refractivity contribution < 1.29 is 19.1 Å². The number of hydrogen-bond donors (Lipinski definition) is 3. The van der Waals surface area contributed by atoms with Crippen LogP contribution < -0.4 is 16.0 Å². The molecule has 3 atom stereocenters. The Morgan fingerprint density at radius 3 is 2.25 bits per heavy atom. The average molecular weight is 285 g/mol. The third-order valence-corrected chi connectivity index (χ3v) is 3.59. The van der Waals surface area contributed by atoms with Crippen LogP contribution in [0.2, 0.25) is 0 Å². The first-order chi connectivity index (χ1) is 9.40. The Labute approximate surface area is 118 Å². The van der Waals surface area contributed by atoms with Crippen LogP contribution >= 0.6 is 0 Å². The molecule has 7 nitrogen and oxygen atoms in total. The number of nitrogens with one attached hydrogen (secondary N) is 3. The minimum Gasteiger partial charge on any atom is -0.453 e. The Morgan fingerprint density at radius 1 is 1.20 bits per heavy atom. The number of hydrogen-bond acceptors (Lipinski definition) is 4. The normalized spacial score (nSPS) is 22.4. The molecule has 1 aliphatic carbocycles. The van der Waals surface area contributed by atoms with Gasteiger partial charge in [0.25, 0.3) is 0 Å². The minimum absolute atomic E-state index is 0.0661. The number of rotatable bonds is 5. The van der Waals surface area contributed by atoms with Gasteiger partial charge < -0.3 is 20.7 Å². The molecule has 20 heavy (non-hydrogen) atoms. The van der Waals surface area contributed by atoms with Gasteiger partial charge >= 0.3 is 6.09 Å². The van der Waals surface area contributed by atoms with Crippen LogP contribution in [-0.4, -0.2) is 44.1 Å². The second-order valence-corrected chi connectivity index (χ2v) is 5.27. The standard InChI is InChI=1S/C13H23N3O4/c1-7(2)10(16-13(19)20-4)12(18)15-9-6-5-8(9)11(17)14-3/h7-10H,5-6H2,1-4H3,(H,14,17)(H,15,18)(H,16,19)/t8-,9?,10-/m0/s1. The van der Waals surface area contributed by atoms with E-state index in [2.05, 4.69) is 20.7 Å². The molecule has 0 bridgehead atoms. The average Bonchev–Trinajstić information content (AvgIpc) is 2.39. The maximum Gasteiger partial charge on any atom is 0.407 e. The molecule has 0 aromatic rings. The molecule has 0 aromatic heterocycles. The Balaban J connectivity index is 2.58. The van der Waals surface area contributed by atoms with Crippen LogP contribution in [0.15, 0.2) is 0 Å². The van der Waals surface area contributed by atoms with E-state index in [9.17, 15) is 14.4 Å². The summed E-state index contributed by atoms with van der Waals surface area (Å²) in [4.78, 5) is 35.0. The van der Waals surface area contributed by atoms with E-state index in [1.807, 2.05) is 13.8 Å². The van der Waals surface area contributed by atoms with E-state index in [1.165, 1.54) is 7.11 Å². The summed E-state index contributed by atoms with van der Waals surface area (Å²) in [5.74, 6) is -0.616. The van der Waals surface area contributed by atoms with Gasteiger partial charge in [-0.25, -0.2) is 4.79 Å². The lowest BCUT2D eigenvalue weighted by Crippen LogP contribution is -2.58. The minimum atomic E-state index is -0.673. The van der Waals surface area contributed by atoms with Gasteiger partial charge in [0.05, 0.1) is 13.0 Å². The summed E-state index contributed by atoms with van der Waals surface area (Å²) in [7, 11) is 2.83. The lowest BCUT2D eigenvalue weighted by atomic mass is 9.78. The maximum absolute atomic E-state index is 12.2. The number of amides is 3. The van der Waals surface area contributed by atoms with E-state index >= 15 is 0 Å². The highest BCUT2D eigenvalue weighted by Crippen LogP contribution is 2.27. The Hall–Kier alpha value is -1.79. The van der Waals surface area contributed by atoms with Gasteiger partial charge in [0.1, 0.15) is 6.04 Å². The topological polar surface area (TPSA) is 96.5 Å². The highest BCUT2D eigenvalue weighted by molar-refractivity contribution is 5.87. The zero-order valence-corrected chi connectivity index (χ0v) is 12.4. The fourth-order valence-corrected chi connectivity index (χ4v) is 2.17. The SMILES string of the molecule is CNC(=O)[C@H]1CCC1NC(=O)[C@@H](NC(=O)OC)C(C)C. The molecule has 3 N–H and O–H groups in total. The first kappa shape index (κ1) is 16.3. The number of methoxy groups -OCH3 is 1. The summed E-state index contributed by atoms with van der Waals surface area (Å²) in [6.45, 7) is 3.66. The summed E-state index contributed by atoms with van der Waals surface area (Å²) in [6, 6.07) is -0.837. The second-order valence-electron chi connectivity index (χ2n) is 5.27. The summed E-state index contributed by atoms with van der Waals surface area (Å²) in [5, 5.41) is 7.91. The lowest BCUT2D eigenvalue weighted by molar-refractivity contribution is -0.131. The molecule has 0 aromatic carbocycles. The molecule has 114 valence electrons. The molecule has 1 unspecified atom stereocenters. The van der Waals surface area contributed by atoms with Crippen molar-refractivity contribution in [2.24, 2.45) is 11.8 Å². The number of ether oxygens (including phenoxy) is 1. The second kappa shape index (κ2) is 7.12. The van der Waals surface area contributed by atoms with Gasteiger partial charge in [0.2, 0.25) is 11.8 Å². The molecule has 0 saturated heterocycles. The monoisotopic (exact) mass is 285 g/mol. The van der Waals surface area contributed by atoms with E-state index in [0.717, 1.165) is 12.8 Å². The zero-order valence-electron chi connectivity index (χ0n) is 12.4. The van der Waals surface area contributed by atoms with Crippen LogP contribution in [0, 0.1) is 11.8 Å². The molecule has 3 amide bonds. The van der Waals surface area contributed by atoms with Crippen LogP contribution in [0.5, 0.6) is 0 Å². The molecule has 1 saturated carbocycles. The quantitative estimate of drug-likeness (QED) is 0.663. The van der Waals surface area contributed by atoms with Gasteiger partial charge in [0, 0.05) is 13.1 Å². The fourth-order valence-electron chi connectivity index (χ4n) is 2.17. The molecule has 1 rings (SSSR count). The van der Waals surface area contributed by atoms with Crippen LogP contribution in [0.3, 0.4) is 0 Å². The highest BCUT2D eigenvalue weighted by atomic mass is 16.5. The number of carbonyl (C=O) groups is 3. The molecular weight excluding hydrogens is 262 g/mol. The van der Waals surface area contributed by atoms with E-state index in [1.54, 1.807) is 7.05 Å². The van der Waals surface area contributed by atoms with Crippen molar-refractivity contribution in [1.29, 1.82) is 0 Å². The lowest BCUT2D eigenvalue weighted by Gasteiger charge is -2.36. The van der Waals surface area contributed by atoms with E-state index in [4.69, 9.17) is 0 Å². The Morgan fingerprint density at radius 2 is 1.85 bits per heavy atom. The van der Waals surface area contributed by atoms with Gasteiger partial charge in [-0.05, 0) is 18.8 Å². The predicted molar refractivity (Wildman–Crippen MR) is 72.9 cm³/mol. The largest absolute Gasteiger partial charge is 0.453 e. The van der Waals surface area contributed by atoms with Gasteiger partial charge in [-0.15, -0.1) is 0 Å². The third kappa shape index (κ3) is 3.85. The van der Waals surface area contributed by atoms with Crippen LogP contribution in [-0.2, 0) is 14.3 Å². The molecule has 0 heterocycles. The van der Waals surface area contributed by atoms with Gasteiger partial charge in [-0.3, -0.25) is 9.59 Å². The fraction of sp³-hybridized carbons (Fsp3) is 0.769. The predicted octanol–water partition coefficient (Wildman–Crippen LogP) is 0.00780. The molecule has 7 heteroatoms. The first-order valence-electron chi connectivity index (χ1n) is 6.77. The van der Waals surface area contributed by atoms with Gasteiger partial charge in [0.15, 0.2) is 0 Å². The van der Waals surface area contributed by atoms with Crippen molar-refractivity contribution in [3.63, 3.8) is 0 Å². The van der Waals surface area contributed by atoms with Crippen molar-refractivity contribution >= 4 is 17.9 Å². The number of alkyl carbamates (subject to hydrolysis) is 1. The van der Waals surface area contributed by atoms with E-state index < -0.39 is 12.1 Å². The van der Waals surface area contributed by atoms with E-state index in [0.29, 0.717) is 0 Å². The zero-order chi connectivity index (χ0) is 15.3. The summed E-state index contributed by atoms with van der Waals surface area (Å²) >= 11 is 0. The molecule has 0 radical (unpaired) electrons. The van der Waals surface area contributed by atoms with Gasteiger partial charge in [-0.1, -0.05) is 13.8 Å². The molecular formula is C13H23N3O4. The van der Waals surface area contributed by atoms with Crippen LogP contribution in [0.4, 0.5) is 4.79 Å². The van der Waals surface area contributed by atoms with Crippen molar-refractivity contribution in [3.05, 3.63) is 0 Å². The van der Waals surface area contributed by atoms with Gasteiger partial charge in [-0.2, -0.15) is 0 Å². The third-order valence-electron chi connectivity index (χ3n) is 3.59. The molecule has 1 aliphatic rings. The van der Waals surface area contributed by atoms with Crippen molar-refractivity contribution in [2.75, 3.05) is 14.2 Å². The van der Waals surface area contributed by atoms with Crippen molar-refractivity contribution in [3.8, 4) is 0 Å². The van der Waals surface area contributed by atoms with Crippen LogP contribution in [0.1, 0.15) is 26.7 Å². The molecule has 1 fully saturated rings. The van der Waals surface area contributed by atoms with Crippen molar-refractivity contribution in [1.82, 2.24) is 16.0 Å². The maximum atomic E-state index is 12.2. The Bertz CT molecular complexity index is 384. The summed E-state index contributed by atoms with van der Waals surface area (Å²) < 4.78 is 4.51. The smallest absolute Gasteiger partial charge is 0.407 e. The number of carbonyl (C=O) groups excluding carboxylic acids is 3. The molecule has 0 spiro atoms. The Kier molecular flexibility index (Phi) is 5.79. The summed E-state index contributed by atoms with van der Waals surface area (Å²) in [5.41, 5.74) is 0. The summed E-state index contributed by atoms with van der Waals surface area (Å²) in [6.07, 6.45) is 0.893.